The Morgan fingerprint density at radius 2 is 1.73 bits per heavy atom. The van der Waals surface area contributed by atoms with E-state index in [1.807, 2.05) is 19.0 Å². The number of carbonyl (C=O) groups excluding carboxylic acids is 2. The van der Waals surface area contributed by atoms with Gasteiger partial charge in [0.25, 0.3) is 11.7 Å². The van der Waals surface area contributed by atoms with E-state index in [1.165, 1.54) is 19.1 Å². The van der Waals surface area contributed by atoms with Crippen LogP contribution in [0, 0.1) is 0 Å². The summed E-state index contributed by atoms with van der Waals surface area (Å²) in [4.78, 5) is 29.6. The summed E-state index contributed by atoms with van der Waals surface area (Å²) in [6.45, 7) is 1.06. The minimum absolute atomic E-state index is 0.0181. The molecule has 2 aromatic rings. The first-order valence-corrected chi connectivity index (χ1v) is 11.1. The van der Waals surface area contributed by atoms with E-state index in [4.69, 9.17) is 32.7 Å². The van der Waals surface area contributed by atoms with Gasteiger partial charge in [0.15, 0.2) is 11.5 Å². The van der Waals surface area contributed by atoms with Crippen molar-refractivity contribution in [2.24, 2.45) is 0 Å². The van der Waals surface area contributed by atoms with Crippen molar-refractivity contribution in [3.63, 3.8) is 0 Å². The third-order valence-corrected chi connectivity index (χ3v) is 6.20. The first kappa shape index (κ1) is 24.9. The molecule has 0 unspecified atom stereocenters. The summed E-state index contributed by atoms with van der Waals surface area (Å²) < 4.78 is 10.6. The number of nitrogens with zero attached hydrogens (tertiary/aromatic N) is 2. The van der Waals surface area contributed by atoms with Crippen molar-refractivity contribution < 1.29 is 24.2 Å². The predicted octanol–water partition coefficient (Wildman–Crippen LogP) is 4.38. The van der Waals surface area contributed by atoms with E-state index >= 15 is 0 Å². The zero-order chi connectivity index (χ0) is 24.3. The molecule has 176 valence electrons. The molecule has 1 heterocycles. The van der Waals surface area contributed by atoms with Gasteiger partial charge in [0.2, 0.25) is 0 Å². The maximum Gasteiger partial charge on any atom is 0.295 e. The van der Waals surface area contributed by atoms with Crippen LogP contribution in [0.1, 0.15) is 23.6 Å². The van der Waals surface area contributed by atoms with E-state index in [0.717, 1.165) is 6.54 Å². The number of rotatable bonds is 8. The molecular weight excluding hydrogens is 467 g/mol. The number of aliphatic hydroxyl groups excluding tert-OH is 1. The van der Waals surface area contributed by atoms with Gasteiger partial charge in [-0.3, -0.25) is 9.59 Å². The second kappa shape index (κ2) is 10.5. The maximum absolute atomic E-state index is 13.1. The number of ether oxygens (including phenoxy) is 2. The number of halogens is 2. The summed E-state index contributed by atoms with van der Waals surface area (Å²) in [6, 6.07) is 8.88. The Kier molecular flexibility index (Phi) is 7.89. The Balaban J connectivity index is 2.14. The molecule has 0 aliphatic carbocycles. The number of likely N-dealkylation sites (tertiary alicyclic amines) is 1. The van der Waals surface area contributed by atoms with Gasteiger partial charge in [-0.05, 0) is 63.0 Å². The van der Waals surface area contributed by atoms with Crippen LogP contribution in [0.4, 0.5) is 0 Å². The quantitative estimate of drug-likeness (QED) is 0.334. The zero-order valence-electron chi connectivity index (χ0n) is 18.9. The smallest absolute Gasteiger partial charge is 0.295 e. The van der Waals surface area contributed by atoms with E-state index in [-0.39, 0.29) is 11.3 Å². The van der Waals surface area contributed by atoms with Crippen molar-refractivity contribution in [2.45, 2.75) is 12.5 Å². The normalized spacial score (nSPS) is 17.7. The number of aliphatic hydroxyl groups is 1. The first-order valence-electron chi connectivity index (χ1n) is 10.3. The molecule has 0 aromatic heterocycles. The summed E-state index contributed by atoms with van der Waals surface area (Å²) in [5.74, 6) is -0.886. The van der Waals surface area contributed by atoms with Gasteiger partial charge in [0.1, 0.15) is 5.76 Å². The van der Waals surface area contributed by atoms with Crippen LogP contribution >= 0.6 is 23.2 Å². The van der Waals surface area contributed by atoms with Crippen LogP contribution in [0.3, 0.4) is 0 Å². The highest BCUT2D eigenvalue weighted by atomic mass is 35.5. The molecule has 2 aromatic carbocycles. The Bertz CT molecular complexity index is 1100. The highest BCUT2D eigenvalue weighted by Gasteiger charge is 2.46. The standard InChI is InChI=1S/C24H26Cl2N2O5/c1-27(2)10-5-11-28-21(14-6-8-16(25)17(26)12-14)20(23(30)24(28)31)22(29)15-7-9-18(32-3)19(13-15)33-4/h6-9,12-13,21,29H,5,10-11H2,1-4H3/t21-/m1/s1. The average molecular weight is 493 g/mol. The van der Waals surface area contributed by atoms with Gasteiger partial charge in [0, 0.05) is 12.1 Å². The van der Waals surface area contributed by atoms with Gasteiger partial charge in [-0.2, -0.15) is 0 Å². The topological polar surface area (TPSA) is 79.3 Å². The lowest BCUT2D eigenvalue weighted by Gasteiger charge is -2.26. The fraction of sp³-hybridized carbons (Fsp3) is 0.333. The third kappa shape index (κ3) is 5.11. The summed E-state index contributed by atoms with van der Waals surface area (Å²) in [6.07, 6.45) is 0.647. The molecule has 0 bridgehead atoms. The molecule has 33 heavy (non-hydrogen) atoms. The molecule has 1 aliphatic heterocycles. The van der Waals surface area contributed by atoms with Gasteiger partial charge in [0.05, 0.1) is 35.9 Å². The Morgan fingerprint density at radius 1 is 1.03 bits per heavy atom. The fourth-order valence-corrected chi connectivity index (χ4v) is 4.14. The van der Waals surface area contributed by atoms with Crippen molar-refractivity contribution in [2.75, 3.05) is 41.4 Å². The summed E-state index contributed by atoms with van der Waals surface area (Å²) in [5, 5.41) is 11.8. The van der Waals surface area contributed by atoms with Gasteiger partial charge in [-0.1, -0.05) is 29.3 Å². The number of carbonyl (C=O) groups is 2. The second-order valence-electron chi connectivity index (χ2n) is 7.89. The van der Waals surface area contributed by atoms with E-state index in [0.29, 0.717) is 45.6 Å². The Labute approximate surface area is 203 Å². The van der Waals surface area contributed by atoms with Crippen LogP contribution in [-0.4, -0.2) is 68.0 Å². The van der Waals surface area contributed by atoms with Gasteiger partial charge in [-0.25, -0.2) is 0 Å². The lowest BCUT2D eigenvalue weighted by molar-refractivity contribution is -0.139. The third-order valence-electron chi connectivity index (χ3n) is 5.46. The van der Waals surface area contributed by atoms with Crippen LogP contribution in [0.2, 0.25) is 10.0 Å². The van der Waals surface area contributed by atoms with Crippen LogP contribution in [-0.2, 0) is 9.59 Å². The number of hydrogen-bond acceptors (Lipinski definition) is 6. The number of ketones is 1. The van der Waals surface area contributed by atoms with Gasteiger partial charge < -0.3 is 24.4 Å². The molecule has 3 rings (SSSR count). The lowest BCUT2D eigenvalue weighted by atomic mass is 9.95. The molecule has 1 atom stereocenters. The molecule has 0 spiro atoms. The minimum Gasteiger partial charge on any atom is -0.507 e. The minimum atomic E-state index is -0.810. The number of Topliss-reactive ketones (excluding diaryl/α,β-unsaturated/α-hetero) is 1. The highest BCUT2D eigenvalue weighted by molar-refractivity contribution is 6.46. The molecule has 1 aliphatic rings. The molecular formula is C24H26Cl2N2O5. The fourth-order valence-electron chi connectivity index (χ4n) is 3.84. The molecule has 7 nitrogen and oxygen atoms in total. The molecule has 0 saturated carbocycles. The van der Waals surface area contributed by atoms with Crippen molar-refractivity contribution >= 4 is 40.7 Å². The monoisotopic (exact) mass is 492 g/mol. The van der Waals surface area contributed by atoms with E-state index in [2.05, 4.69) is 0 Å². The van der Waals surface area contributed by atoms with Crippen molar-refractivity contribution in [1.82, 2.24) is 9.80 Å². The van der Waals surface area contributed by atoms with E-state index < -0.39 is 17.7 Å². The predicted molar refractivity (Wildman–Crippen MR) is 128 cm³/mol. The maximum atomic E-state index is 13.1. The van der Waals surface area contributed by atoms with Crippen molar-refractivity contribution in [3.05, 3.63) is 63.1 Å². The summed E-state index contributed by atoms with van der Waals surface area (Å²) >= 11 is 12.3. The molecule has 0 radical (unpaired) electrons. The number of hydrogen-bond donors (Lipinski definition) is 1. The zero-order valence-corrected chi connectivity index (χ0v) is 20.4. The summed E-state index contributed by atoms with van der Waals surface area (Å²) in [7, 11) is 6.84. The Morgan fingerprint density at radius 3 is 2.33 bits per heavy atom. The van der Waals surface area contributed by atoms with Gasteiger partial charge >= 0.3 is 0 Å². The van der Waals surface area contributed by atoms with Crippen molar-refractivity contribution in [3.8, 4) is 11.5 Å². The molecule has 1 saturated heterocycles. The SMILES string of the molecule is COc1ccc(C(O)=C2C(=O)C(=O)N(CCCN(C)C)[C@@H]2c2ccc(Cl)c(Cl)c2)cc1OC. The second-order valence-corrected chi connectivity index (χ2v) is 8.71. The largest absolute Gasteiger partial charge is 0.507 e. The van der Waals surface area contributed by atoms with Crippen LogP contribution in [0.5, 0.6) is 11.5 Å². The highest BCUT2D eigenvalue weighted by Crippen LogP contribution is 2.42. The molecule has 1 amide bonds. The van der Waals surface area contributed by atoms with Crippen molar-refractivity contribution in [1.29, 1.82) is 0 Å². The van der Waals surface area contributed by atoms with E-state index in [9.17, 15) is 14.7 Å². The van der Waals surface area contributed by atoms with E-state index in [1.54, 1.807) is 36.4 Å². The number of amides is 1. The Hall–Kier alpha value is -2.74. The first-order chi connectivity index (χ1) is 15.7. The van der Waals surface area contributed by atoms with Crippen LogP contribution in [0.25, 0.3) is 5.76 Å². The molecule has 1 N–H and O–H groups in total. The molecule has 1 fully saturated rings. The number of benzene rings is 2. The summed E-state index contributed by atoms with van der Waals surface area (Å²) in [5.41, 5.74) is 0.884. The average Bonchev–Trinajstić information content (AvgIpc) is 3.04. The lowest BCUT2D eigenvalue weighted by Crippen LogP contribution is -2.32. The van der Waals surface area contributed by atoms with Gasteiger partial charge in [-0.15, -0.1) is 0 Å². The van der Waals surface area contributed by atoms with Crippen LogP contribution in [0.15, 0.2) is 42.0 Å². The van der Waals surface area contributed by atoms with Crippen LogP contribution < -0.4 is 9.47 Å². The number of methoxy groups -OCH3 is 2. The molecule has 9 heteroatoms.